The molecule has 0 aliphatic heterocycles. The van der Waals surface area contributed by atoms with Gasteiger partial charge in [-0.3, -0.25) is 4.79 Å². The second kappa shape index (κ2) is 7.03. The number of benzene rings is 1. The molecule has 0 radical (unpaired) electrons. The summed E-state index contributed by atoms with van der Waals surface area (Å²) in [5.74, 6) is 0.902. The second-order valence-corrected chi connectivity index (χ2v) is 6.26. The molecule has 0 bridgehead atoms. The fraction of sp³-hybridized carbons (Fsp3) is 0.588. The molecule has 1 amide bonds. The maximum atomic E-state index is 12.8. The fourth-order valence-corrected chi connectivity index (χ4v) is 3.00. The van der Waals surface area contributed by atoms with Crippen LogP contribution < -0.4 is 10.6 Å². The van der Waals surface area contributed by atoms with Crippen molar-refractivity contribution in [1.29, 1.82) is 0 Å². The highest BCUT2D eigenvalue weighted by Gasteiger charge is 2.29. The van der Waals surface area contributed by atoms with E-state index in [0.29, 0.717) is 23.6 Å². The van der Waals surface area contributed by atoms with Crippen LogP contribution in [0.1, 0.15) is 40.0 Å². The van der Waals surface area contributed by atoms with Gasteiger partial charge in [-0.1, -0.05) is 26.7 Å². The van der Waals surface area contributed by atoms with Crippen molar-refractivity contribution in [3.63, 3.8) is 0 Å². The third-order valence-electron chi connectivity index (χ3n) is 4.68. The van der Waals surface area contributed by atoms with E-state index in [9.17, 15) is 9.18 Å². The first-order valence-corrected chi connectivity index (χ1v) is 7.80. The van der Waals surface area contributed by atoms with Crippen LogP contribution in [0.2, 0.25) is 0 Å². The number of nitrogens with one attached hydrogen (secondary N) is 2. The number of carbonyl (C=O) groups is 1. The molecule has 116 valence electrons. The Morgan fingerprint density at radius 3 is 2.57 bits per heavy atom. The van der Waals surface area contributed by atoms with Gasteiger partial charge in [-0.15, -0.1) is 0 Å². The normalized spacial score (nSPS) is 27.1. The summed E-state index contributed by atoms with van der Waals surface area (Å²) in [5.41, 5.74) is 0.625. The third kappa shape index (κ3) is 4.27. The standard InChI is InChI=1S/C17H25FN2O/c1-11-5-4-6-16(12(11)2)19-13(3)17(21)20-15-9-7-14(18)8-10-15/h7-13,16,19H,4-6H2,1-3H3,(H,20,21)/t11-,12+,13-,16-/m0/s1. The van der Waals surface area contributed by atoms with Gasteiger partial charge < -0.3 is 10.6 Å². The molecule has 1 aliphatic rings. The fourth-order valence-electron chi connectivity index (χ4n) is 3.00. The van der Waals surface area contributed by atoms with E-state index in [4.69, 9.17) is 0 Å². The molecule has 21 heavy (non-hydrogen) atoms. The highest BCUT2D eigenvalue weighted by molar-refractivity contribution is 5.94. The van der Waals surface area contributed by atoms with Crippen molar-refractivity contribution in [2.45, 2.75) is 52.1 Å². The maximum absolute atomic E-state index is 12.8. The third-order valence-corrected chi connectivity index (χ3v) is 4.68. The van der Waals surface area contributed by atoms with Crippen LogP contribution in [-0.2, 0) is 4.79 Å². The Hall–Kier alpha value is -1.42. The minimum absolute atomic E-state index is 0.0768. The van der Waals surface area contributed by atoms with Crippen molar-refractivity contribution in [3.8, 4) is 0 Å². The van der Waals surface area contributed by atoms with Crippen LogP contribution in [-0.4, -0.2) is 18.0 Å². The van der Waals surface area contributed by atoms with Crippen LogP contribution in [0.15, 0.2) is 24.3 Å². The molecule has 2 N–H and O–H groups in total. The highest BCUT2D eigenvalue weighted by Crippen LogP contribution is 2.29. The molecule has 0 heterocycles. The predicted molar refractivity (Wildman–Crippen MR) is 83.6 cm³/mol. The van der Waals surface area contributed by atoms with Crippen LogP contribution in [0.3, 0.4) is 0 Å². The Balaban J connectivity index is 1.88. The summed E-state index contributed by atoms with van der Waals surface area (Å²) in [6.07, 6.45) is 3.62. The molecule has 0 saturated heterocycles. The summed E-state index contributed by atoms with van der Waals surface area (Å²) >= 11 is 0. The van der Waals surface area contributed by atoms with Gasteiger partial charge in [0.2, 0.25) is 5.91 Å². The topological polar surface area (TPSA) is 41.1 Å². The molecule has 1 aliphatic carbocycles. The second-order valence-electron chi connectivity index (χ2n) is 6.26. The molecule has 3 nitrogen and oxygen atoms in total. The van der Waals surface area contributed by atoms with Crippen molar-refractivity contribution in [2.24, 2.45) is 11.8 Å². The van der Waals surface area contributed by atoms with Gasteiger partial charge in [-0.2, -0.15) is 0 Å². The van der Waals surface area contributed by atoms with Crippen molar-refractivity contribution in [1.82, 2.24) is 5.32 Å². The number of carbonyl (C=O) groups excluding carboxylic acids is 1. The molecular formula is C17H25FN2O. The van der Waals surface area contributed by atoms with E-state index >= 15 is 0 Å². The first-order chi connectivity index (χ1) is 9.97. The molecule has 2 rings (SSSR count). The number of halogens is 1. The van der Waals surface area contributed by atoms with E-state index < -0.39 is 0 Å². The average molecular weight is 292 g/mol. The summed E-state index contributed by atoms with van der Waals surface area (Å²) in [6, 6.07) is 5.98. The number of hydrogen-bond donors (Lipinski definition) is 2. The zero-order chi connectivity index (χ0) is 15.4. The Bertz CT molecular complexity index is 474. The van der Waals surface area contributed by atoms with Crippen LogP contribution in [0.4, 0.5) is 10.1 Å². The molecule has 1 saturated carbocycles. The molecule has 1 fully saturated rings. The van der Waals surface area contributed by atoms with Crippen LogP contribution in [0, 0.1) is 17.7 Å². The predicted octanol–water partition coefficient (Wildman–Crippen LogP) is 3.57. The van der Waals surface area contributed by atoms with Gasteiger partial charge >= 0.3 is 0 Å². The minimum Gasteiger partial charge on any atom is -0.325 e. The molecule has 1 aromatic carbocycles. The average Bonchev–Trinajstić information content (AvgIpc) is 2.46. The van der Waals surface area contributed by atoms with E-state index in [1.54, 1.807) is 12.1 Å². The molecule has 1 aromatic rings. The summed E-state index contributed by atoms with van der Waals surface area (Å²) in [6.45, 7) is 6.42. The largest absolute Gasteiger partial charge is 0.325 e. The Morgan fingerprint density at radius 2 is 1.90 bits per heavy atom. The summed E-state index contributed by atoms with van der Waals surface area (Å²) in [7, 11) is 0. The van der Waals surface area contributed by atoms with Crippen LogP contribution >= 0.6 is 0 Å². The summed E-state index contributed by atoms with van der Waals surface area (Å²) < 4.78 is 12.8. The monoisotopic (exact) mass is 292 g/mol. The van der Waals surface area contributed by atoms with Gasteiger partial charge in [0.25, 0.3) is 0 Å². The van der Waals surface area contributed by atoms with Crippen molar-refractivity contribution >= 4 is 11.6 Å². The molecule has 0 spiro atoms. The van der Waals surface area contributed by atoms with E-state index in [1.165, 1.54) is 25.0 Å². The SMILES string of the molecule is C[C@H]1[C@@H](N[C@@H](C)C(=O)Nc2ccc(F)cc2)CCC[C@@H]1C. The smallest absolute Gasteiger partial charge is 0.241 e. The van der Waals surface area contributed by atoms with Crippen molar-refractivity contribution < 1.29 is 9.18 Å². The number of amides is 1. The lowest BCUT2D eigenvalue weighted by atomic mass is 9.78. The quantitative estimate of drug-likeness (QED) is 0.891. The van der Waals surface area contributed by atoms with Gasteiger partial charge in [-0.25, -0.2) is 4.39 Å². The lowest BCUT2D eigenvalue weighted by Gasteiger charge is -2.36. The zero-order valence-corrected chi connectivity index (χ0v) is 13.0. The Morgan fingerprint density at radius 1 is 1.24 bits per heavy atom. The van der Waals surface area contributed by atoms with E-state index in [1.807, 2.05) is 6.92 Å². The Labute approximate surface area is 126 Å². The lowest BCUT2D eigenvalue weighted by molar-refractivity contribution is -0.118. The number of rotatable bonds is 4. The molecular weight excluding hydrogens is 267 g/mol. The van der Waals surface area contributed by atoms with Gasteiger partial charge in [0.15, 0.2) is 0 Å². The molecule has 4 heteroatoms. The molecule has 0 aromatic heterocycles. The molecule has 0 unspecified atom stereocenters. The van der Waals surface area contributed by atoms with Crippen molar-refractivity contribution in [2.75, 3.05) is 5.32 Å². The minimum atomic E-state index is -0.302. The number of hydrogen-bond acceptors (Lipinski definition) is 2. The Kier molecular flexibility index (Phi) is 5.34. The summed E-state index contributed by atoms with van der Waals surface area (Å²) in [5, 5.41) is 6.26. The van der Waals surface area contributed by atoms with Crippen molar-refractivity contribution in [3.05, 3.63) is 30.1 Å². The van der Waals surface area contributed by atoms with E-state index in [0.717, 1.165) is 6.42 Å². The maximum Gasteiger partial charge on any atom is 0.241 e. The van der Waals surface area contributed by atoms with Gasteiger partial charge in [0.1, 0.15) is 5.82 Å². The van der Waals surface area contributed by atoms with Crippen LogP contribution in [0.5, 0.6) is 0 Å². The van der Waals surface area contributed by atoms with E-state index in [-0.39, 0.29) is 17.8 Å². The van der Waals surface area contributed by atoms with Crippen LogP contribution in [0.25, 0.3) is 0 Å². The lowest BCUT2D eigenvalue weighted by Crippen LogP contribution is -2.49. The van der Waals surface area contributed by atoms with E-state index in [2.05, 4.69) is 24.5 Å². The zero-order valence-electron chi connectivity index (χ0n) is 13.0. The first kappa shape index (κ1) is 16.0. The summed E-state index contributed by atoms with van der Waals surface area (Å²) in [4.78, 5) is 12.2. The van der Waals surface area contributed by atoms with Gasteiger partial charge in [0.05, 0.1) is 6.04 Å². The molecule has 4 atom stereocenters. The number of anilines is 1. The first-order valence-electron chi connectivity index (χ1n) is 7.80. The highest BCUT2D eigenvalue weighted by atomic mass is 19.1. The van der Waals surface area contributed by atoms with Gasteiger partial charge in [0, 0.05) is 11.7 Å². The van der Waals surface area contributed by atoms with Gasteiger partial charge in [-0.05, 0) is 49.4 Å².